The van der Waals surface area contributed by atoms with Crippen molar-refractivity contribution < 1.29 is 19.4 Å². The number of hydrogen-bond donors (Lipinski definition) is 2. The first kappa shape index (κ1) is 17.4. The van der Waals surface area contributed by atoms with Crippen molar-refractivity contribution in [2.75, 3.05) is 33.0 Å². The van der Waals surface area contributed by atoms with Crippen molar-refractivity contribution in [1.29, 1.82) is 0 Å². The number of carboxylic acid groups (broad SMARTS) is 1. The SMILES string of the molecule is CCCNC(CC)(CCCOCC1CCOC1)C(=O)O. The molecule has 1 aliphatic rings. The van der Waals surface area contributed by atoms with Gasteiger partial charge in [-0.05, 0) is 38.6 Å². The number of hydrogen-bond acceptors (Lipinski definition) is 4. The maximum absolute atomic E-state index is 11.5. The summed E-state index contributed by atoms with van der Waals surface area (Å²) in [6, 6.07) is 0. The lowest BCUT2D eigenvalue weighted by Gasteiger charge is -2.29. The third-order valence-corrected chi connectivity index (χ3v) is 4.00. The molecule has 5 heteroatoms. The second-order valence-corrected chi connectivity index (χ2v) is 5.58. The maximum Gasteiger partial charge on any atom is 0.323 e. The molecule has 1 fully saturated rings. The molecule has 0 bridgehead atoms. The molecule has 5 nitrogen and oxygen atoms in total. The van der Waals surface area contributed by atoms with E-state index in [1.807, 2.05) is 13.8 Å². The van der Waals surface area contributed by atoms with Gasteiger partial charge in [0.05, 0.1) is 13.2 Å². The monoisotopic (exact) mass is 287 g/mol. The molecule has 0 aromatic carbocycles. The van der Waals surface area contributed by atoms with Gasteiger partial charge in [0.1, 0.15) is 5.54 Å². The molecule has 118 valence electrons. The van der Waals surface area contributed by atoms with Gasteiger partial charge in [-0.25, -0.2) is 0 Å². The molecule has 0 aromatic rings. The number of ether oxygens (including phenoxy) is 2. The third-order valence-electron chi connectivity index (χ3n) is 4.00. The summed E-state index contributed by atoms with van der Waals surface area (Å²) < 4.78 is 10.9. The predicted octanol–water partition coefficient (Wildman–Crippen LogP) is 2.05. The minimum absolute atomic E-state index is 0.517. The molecule has 1 rings (SSSR count). The zero-order chi connectivity index (χ0) is 14.8. The highest BCUT2D eigenvalue weighted by atomic mass is 16.5. The molecular weight excluding hydrogens is 258 g/mol. The van der Waals surface area contributed by atoms with Crippen LogP contribution in [-0.2, 0) is 14.3 Å². The van der Waals surface area contributed by atoms with Crippen LogP contribution >= 0.6 is 0 Å². The molecule has 2 N–H and O–H groups in total. The van der Waals surface area contributed by atoms with E-state index in [-0.39, 0.29) is 0 Å². The number of nitrogens with one attached hydrogen (secondary N) is 1. The van der Waals surface area contributed by atoms with E-state index in [1.165, 1.54) is 0 Å². The predicted molar refractivity (Wildman–Crippen MR) is 77.9 cm³/mol. The molecule has 0 saturated carbocycles. The molecule has 0 radical (unpaired) electrons. The van der Waals surface area contributed by atoms with Crippen LogP contribution in [0.15, 0.2) is 0 Å². The van der Waals surface area contributed by atoms with Gasteiger partial charge >= 0.3 is 5.97 Å². The van der Waals surface area contributed by atoms with Crippen LogP contribution in [0.25, 0.3) is 0 Å². The first-order chi connectivity index (χ1) is 9.64. The van der Waals surface area contributed by atoms with E-state index in [4.69, 9.17) is 9.47 Å². The van der Waals surface area contributed by atoms with Gasteiger partial charge in [-0.3, -0.25) is 4.79 Å². The van der Waals surface area contributed by atoms with Crippen LogP contribution in [0.5, 0.6) is 0 Å². The van der Waals surface area contributed by atoms with E-state index in [0.717, 1.165) is 45.6 Å². The highest BCUT2D eigenvalue weighted by Gasteiger charge is 2.35. The average Bonchev–Trinajstić information content (AvgIpc) is 2.95. The first-order valence-corrected chi connectivity index (χ1v) is 7.78. The summed E-state index contributed by atoms with van der Waals surface area (Å²) in [6.45, 7) is 7.70. The van der Waals surface area contributed by atoms with Gasteiger partial charge in [0, 0.05) is 19.1 Å². The Morgan fingerprint density at radius 3 is 2.85 bits per heavy atom. The van der Waals surface area contributed by atoms with E-state index in [2.05, 4.69) is 5.32 Å². The number of aliphatic carboxylic acids is 1. The zero-order valence-corrected chi connectivity index (χ0v) is 12.8. The molecule has 1 heterocycles. The average molecular weight is 287 g/mol. The standard InChI is InChI=1S/C15H29NO4/c1-3-8-16-15(4-2,14(17)18)7-5-9-19-11-13-6-10-20-12-13/h13,16H,3-12H2,1-2H3,(H,17,18). The Hall–Kier alpha value is -0.650. The van der Waals surface area contributed by atoms with Crippen LogP contribution in [-0.4, -0.2) is 49.6 Å². The van der Waals surface area contributed by atoms with E-state index in [1.54, 1.807) is 0 Å². The van der Waals surface area contributed by atoms with E-state index < -0.39 is 11.5 Å². The van der Waals surface area contributed by atoms with Crippen molar-refractivity contribution in [3.8, 4) is 0 Å². The minimum atomic E-state index is -0.796. The molecule has 0 spiro atoms. The Bertz CT molecular complexity index is 279. The summed E-state index contributed by atoms with van der Waals surface area (Å²) in [4.78, 5) is 11.5. The van der Waals surface area contributed by atoms with Gasteiger partial charge in [0.2, 0.25) is 0 Å². The fraction of sp³-hybridized carbons (Fsp3) is 0.933. The molecule has 0 amide bonds. The van der Waals surface area contributed by atoms with Crippen LogP contribution in [0.2, 0.25) is 0 Å². The summed E-state index contributed by atoms with van der Waals surface area (Å²) in [5.41, 5.74) is -0.796. The van der Waals surface area contributed by atoms with Crippen LogP contribution in [0.1, 0.15) is 46.0 Å². The molecular formula is C15H29NO4. The number of carbonyl (C=O) groups is 1. The molecule has 0 aromatic heterocycles. The summed E-state index contributed by atoms with van der Waals surface area (Å²) in [6.07, 6.45) is 3.99. The highest BCUT2D eigenvalue weighted by Crippen LogP contribution is 2.19. The van der Waals surface area contributed by atoms with E-state index in [9.17, 15) is 9.90 Å². The van der Waals surface area contributed by atoms with Crippen molar-refractivity contribution in [3.05, 3.63) is 0 Å². The molecule has 2 atom stereocenters. The van der Waals surface area contributed by atoms with Crippen molar-refractivity contribution >= 4 is 5.97 Å². The lowest BCUT2D eigenvalue weighted by molar-refractivity contribution is -0.145. The lowest BCUT2D eigenvalue weighted by Crippen LogP contribution is -2.52. The quantitative estimate of drug-likeness (QED) is 0.569. The molecule has 2 unspecified atom stereocenters. The van der Waals surface area contributed by atoms with Crippen LogP contribution in [0.3, 0.4) is 0 Å². The van der Waals surface area contributed by atoms with E-state index >= 15 is 0 Å². The fourth-order valence-corrected chi connectivity index (χ4v) is 2.53. The molecule has 1 saturated heterocycles. The van der Waals surface area contributed by atoms with Gasteiger partial charge in [-0.1, -0.05) is 13.8 Å². The lowest BCUT2D eigenvalue weighted by atomic mass is 9.90. The van der Waals surface area contributed by atoms with Gasteiger partial charge < -0.3 is 19.9 Å². The Morgan fingerprint density at radius 2 is 2.30 bits per heavy atom. The van der Waals surface area contributed by atoms with Crippen LogP contribution in [0, 0.1) is 5.92 Å². The highest BCUT2D eigenvalue weighted by molar-refractivity contribution is 5.78. The van der Waals surface area contributed by atoms with Gasteiger partial charge in [0.25, 0.3) is 0 Å². The topological polar surface area (TPSA) is 67.8 Å². The maximum atomic E-state index is 11.5. The van der Waals surface area contributed by atoms with Gasteiger partial charge in [-0.15, -0.1) is 0 Å². The second kappa shape index (κ2) is 9.32. The second-order valence-electron chi connectivity index (χ2n) is 5.58. The zero-order valence-electron chi connectivity index (χ0n) is 12.8. The molecule has 0 aliphatic carbocycles. The van der Waals surface area contributed by atoms with Crippen molar-refractivity contribution in [1.82, 2.24) is 5.32 Å². The summed E-state index contributed by atoms with van der Waals surface area (Å²) >= 11 is 0. The first-order valence-electron chi connectivity index (χ1n) is 7.78. The van der Waals surface area contributed by atoms with E-state index in [0.29, 0.717) is 25.4 Å². The van der Waals surface area contributed by atoms with Crippen LogP contribution < -0.4 is 5.32 Å². The van der Waals surface area contributed by atoms with Crippen molar-refractivity contribution in [3.63, 3.8) is 0 Å². The Kier molecular flexibility index (Phi) is 8.11. The largest absolute Gasteiger partial charge is 0.480 e. The summed E-state index contributed by atoms with van der Waals surface area (Å²) in [5, 5.41) is 12.6. The summed E-state index contributed by atoms with van der Waals surface area (Å²) in [5.74, 6) is -0.235. The normalized spacial score (nSPS) is 21.8. The van der Waals surface area contributed by atoms with Crippen molar-refractivity contribution in [2.24, 2.45) is 5.92 Å². The number of carboxylic acids is 1. The van der Waals surface area contributed by atoms with Gasteiger partial charge in [-0.2, -0.15) is 0 Å². The third kappa shape index (κ3) is 5.38. The Labute approximate surface area is 122 Å². The van der Waals surface area contributed by atoms with Gasteiger partial charge in [0.15, 0.2) is 0 Å². The molecule has 20 heavy (non-hydrogen) atoms. The Morgan fingerprint density at radius 1 is 1.50 bits per heavy atom. The Balaban J connectivity index is 2.24. The smallest absolute Gasteiger partial charge is 0.323 e. The number of rotatable bonds is 11. The summed E-state index contributed by atoms with van der Waals surface area (Å²) in [7, 11) is 0. The minimum Gasteiger partial charge on any atom is -0.480 e. The van der Waals surface area contributed by atoms with Crippen LogP contribution in [0.4, 0.5) is 0 Å². The molecule has 1 aliphatic heterocycles. The fourth-order valence-electron chi connectivity index (χ4n) is 2.53. The van der Waals surface area contributed by atoms with Crippen molar-refractivity contribution in [2.45, 2.75) is 51.5 Å².